The molecule has 0 bridgehead atoms. The Bertz CT molecular complexity index is 569. The van der Waals surface area contributed by atoms with Gasteiger partial charge >= 0.3 is 0 Å². The molecule has 0 aromatic carbocycles. The van der Waals surface area contributed by atoms with E-state index >= 15 is 0 Å². The van der Waals surface area contributed by atoms with E-state index in [0.29, 0.717) is 23.4 Å². The van der Waals surface area contributed by atoms with Crippen LogP contribution >= 0.6 is 0 Å². The maximum atomic E-state index is 13.1. The predicted octanol–water partition coefficient (Wildman–Crippen LogP) is 0.804. The first-order valence-electron chi connectivity index (χ1n) is 6.24. The van der Waals surface area contributed by atoms with Gasteiger partial charge < -0.3 is 10.2 Å². The van der Waals surface area contributed by atoms with Crippen LogP contribution in [0, 0.1) is 5.82 Å². The summed E-state index contributed by atoms with van der Waals surface area (Å²) in [5, 5.41) is 10.4. The van der Waals surface area contributed by atoms with E-state index < -0.39 is 0 Å². The first-order chi connectivity index (χ1) is 9.22. The maximum Gasteiger partial charge on any atom is 0.245 e. The quantitative estimate of drug-likeness (QED) is 0.838. The number of nitrogens with one attached hydrogen (secondary N) is 2. The lowest BCUT2D eigenvalue weighted by Crippen LogP contribution is -2.49. The van der Waals surface area contributed by atoms with Crippen LogP contribution in [0.2, 0.25) is 0 Å². The van der Waals surface area contributed by atoms with Crippen LogP contribution in [0.25, 0.3) is 11.4 Å². The molecule has 0 unspecified atom stereocenters. The molecule has 2 aromatic heterocycles. The number of piperazine rings is 1. The first-order valence-corrected chi connectivity index (χ1v) is 6.24. The van der Waals surface area contributed by atoms with Crippen LogP contribution in [0.4, 0.5) is 10.3 Å². The van der Waals surface area contributed by atoms with E-state index in [1.807, 2.05) is 0 Å². The third-order valence-corrected chi connectivity index (χ3v) is 3.10. The summed E-state index contributed by atoms with van der Waals surface area (Å²) < 4.78 is 13.1. The fourth-order valence-corrected chi connectivity index (χ4v) is 2.18. The second-order valence-electron chi connectivity index (χ2n) is 4.68. The molecular formula is C12H15FN6. The van der Waals surface area contributed by atoms with Gasteiger partial charge in [0.1, 0.15) is 5.82 Å². The third kappa shape index (κ3) is 2.55. The zero-order valence-electron chi connectivity index (χ0n) is 10.6. The Labute approximate surface area is 110 Å². The number of H-pyrrole nitrogens is 1. The van der Waals surface area contributed by atoms with Crippen molar-refractivity contribution in [3.05, 3.63) is 24.3 Å². The smallest absolute Gasteiger partial charge is 0.245 e. The molecule has 1 saturated heterocycles. The minimum absolute atomic E-state index is 0.383. The lowest BCUT2D eigenvalue weighted by molar-refractivity contribution is 0.480. The molecule has 2 N–H and O–H groups in total. The summed E-state index contributed by atoms with van der Waals surface area (Å²) in [4.78, 5) is 10.3. The van der Waals surface area contributed by atoms with Crippen molar-refractivity contribution in [1.29, 1.82) is 0 Å². The molecule has 1 aliphatic heterocycles. The number of anilines is 1. The average Bonchev–Trinajstić information content (AvgIpc) is 2.88. The molecular weight excluding hydrogens is 247 g/mol. The second-order valence-corrected chi connectivity index (χ2v) is 4.68. The number of nitrogens with zero attached hydrogens (tertiary/aromatic N) is 4. The third-order valence-electron chi connectivity index (χ3n) is 3.10. The van der Waals surface area contributed by atoms with Crippen LogP contribution in [0.15, 0.2) is 18.5 Å². The molecule has 19 heavy (non-hydrogen) atoms. The molecule has 1 aliphatic rings. The van der Waals surface area contributed by atoms with Gasteiger partial charge in [-0.25, -0.2) is 4.39 Å². The summed E-state index contributed by atoms with van der Waals surface area (Å²) in [6.45, 7) is 4.75. The van der Waals surface area contributed by atoms with Crippen molar-refractivity contribution >= 4 is 5.95 Å². The highest BCUT2D eigenvalue weighted by atomic mass is 19.1. The Morgan fingerprint density at radius 3 is 3.11 bits per heavy atom. The van der Waals surface area contributed by atoms with Gasteiger partial charge in [-0.15, -0.1) is 5.10 Å². The van der Waals surface area contributed by atoms with Gasteiger partial charge in [-0.1, -0.05) is 0 Å². The fourth-order valence-electron chi connectivity index (χ4n) is 2.18. The molecule has 1 atom stereocenters. The number of hydrogen-bond donors (Lipinski definition) is 2. The number of aromatic nitrogens is 4. The van der Waals surface area contributed by atoms with Crippen LogP contribution in [-0.2, 0) is 0 Å². The van der Waals surface area contributed by atoms with Gasteiger partial charge in [-0.05, 0) is 13.0 Å². The Hall–Kier alpha value is -2.02. The highest BCUT2D eigenvalue weighted by Crippen LogP contribution is 2.18. The van der Waals surface area contributed by atoms with Crippen molar-refractivity contribution in [2.45, 2.75) is 13.0 Å². The Morgan fingerprint density at radius 2 is 2.32 bits per heavy atom. The van der Waals surface area contributed by atoms with Gasteiger partial charge in [0.2, 0.25) is 5.95 Å². The SMILES string of the molecule is C[C@H]1CN(c2n[nH]c(-c3cncc(F)c3)n2)CCN1. The molecule has 3 rings (SSSR count). The summed E-state index contributed by atoms with van der Waals surface area (Å²) in [5.41, 5.74) is 0.599. The summed E-state index contributed by atoms with van der Waals surface area (Å²) in [6, 6.07) is 1.80. The number of hydrogen-bond acceptors (Lipinski definition) is 5. The Balaban J connectivity index is 1.83. The van der Waals surface area contributed by atoms with Gasteiger partial charge in [0.05, 0.1) is 6.20 Å². The van der Waals surface area contributed by atoms with Crippen LogP contribution < -0.4 is 10.2 Å². The summed E-state index contributed by atoms with van der Waals surface area (Å²) in [5.74, 6) is 0.798. The van der Waals surface area contributed by atoms with Crippen LogP contribution in [0.5, 0.6) is 0 Å². The summed E-state index contributed by atoms with van der Waals surface area (Å²) in [7, 11) is 0. The Kier molecular flexibility index (Phi) is 3.12. The van der Waals surface area contributed by atoms with Crippen LogP contribution in [0.1, 0.15) is 6.92 Å². The van der Waals surface area contributed by atoms with Crippen molar-refractivity contribution in [1.82, 2.24) is 25.5 Å². The van der Waals surface area contributed by atoms with Crippen molar-refractivity contribution < 1.29 is 4.39 Å². The second kappa shape index (κ2) is 4.93. The lowest BCUT2D eigenvalue weighted by atomic mass is 10.2. The molecule has 0 spiro atoms. The summed E-state index contributed by atoms with van der Waals surface area (Å²) in [6.07, 6.45) is 2.73. The number of halogens is 1. The highest BCUT2D eigenvalue weighted by molar-refractivity contribution is 5.54. The predicted molar refractivity (Wildman–Crippen MR) is 69.2 cm³/mol. The van der Waals surface area contributed by atoms with Gasteiger partial charge in [0, 0.05) is 37.4 Å². The van der Waals surface area contributed by atoms with Crippen molar-refractivity contribution in [3.63, 3.8) is 0 Å². The van der Waals surface area contributed by atoms with Gasteiger partial charge in [0.15, 0.2) is 5.82 Å². The zero-order valence-corrected chi connectivity index (χ0v) is 10.6. The maximum absolute atomic E-state index is 13.1. The molecule has 0 amide bonds. The van der Waals surface area contributed by atoms with Crippen LogP contribution in [-0.4, -0.2) is 45.8 Å². The van der Waals surface area contributed by atoms with E-state index in [1.165, 1.54) is 12.3 Å². The molecule has 3 heterocycles. The monoisotopic (exact) mass is 262 g/mol. The van der Waals surface area contributed by atoms with E-state index in [9.17, 15) is 4.39 Å². The summed E-state index contributed by atoms with van der Waals surface area (Å²) >= 11 is 0. The number of aromatic amines is 1. The zero-order chi connectivity index (χ0) is 13.2. The van der Waals surface area contributed by atoms with E-state index in [4.69, 9.17) is 0 Å². The normalized spacial score (nSPS) is 19.7. The van der Waals surface area contributed by atoms with E-state index in [1.54, 1.807) is 6.20 Å². The molecule has 1 fully saturated rings. The molecule has 7 heteroatoms. The molecule has 0 saturated carbocycles. The minimum Gasteiger partial charge on any atom is -0.337 e. The average molecular weight is 262 g/mol. The minimum atomic E-state index is -0.383. The van der Waals surface area contributed by atoms with E-state index in [0.717, 1.165) is 19.6 Å². The Morgan fingerprint density at radius 1 is 1.42 bits per heavy atom. The lowest BCUT2D eigenvalue weighted by Gasteiger charge is -2.30. The van der Waals surface area contributed by atoms with Crippen molar-refractivity contribution in [2.75, 3.05) is 24.5 Å². The molecule has 6 nitrogen and oxygen atoms in total. The van der Waals surface area contributed by atoms with E-state index in [-0.39, 0.29) is 5.82 Å². The van der Waals surface area contributed by atoms with Gasteiger partial charge in [-0.2, -0.15) is 4.98 Å². The van der Waals surface area contributed by atoms with Gasteiger partial charge in [-0.3, -0.25) is 10.1 Å². The molecule has 0 aliphatic carbocycles. The van der Waals surface area contributed by atoms with E-state index in [2.05, 4.69) is 37.3 Å². The number of pyridine rings is 1. The molecule has 0 radical (unpaired) electrons. The number of rotatable bonds is 2. The molecule has 2 aromatic rings. The van der Waals surface area contributed by atoms with Crippen LogP contribution in [0.3, 0.4) is 0 Å². The fraction of sp³-hybridized carbons (Fsp3) is 0.417. The van der Waals surface area contributed by atoms with Crippen molar-refractivity contribution in [3.8, 4) is 11.4 Å². The van der Waals surface area contributed by atoms with Gasteiger partial charge in [0.25, 0.3) is 0 Å². The highest BCUT2D eigenvalue weighted by Gasteiger charge is 2.19. The standard InChI is InChI=1S/C12H15FN6/c1-8-7-19(3-2-15-8)12-16-11(17-18-12)9-4-10(13)6-14-5-9/h4-6,8,15H,2-3,7H2,1H3,(H,16,17,18)/t8-/m0/s1. The molecule has 100 valence electrons. The topological polar surface area (TPSA) is 69.7 Å². The largest absolute Gasteiger partial charge is 0.337 e. The van der Waals surface area contributed by atoms with Crippen molar-refractivity contribution in [2.24, 2.45) is 0 Å². The first kappa shape index (κ1) is 12.0.